The molecule has 1 aromatic heterocycles. The van der Waals surface area contributed by atoms with Crippen LogP contribution in [0.3, 0.4) is 0 Å². The van der Waals surface area contributed by atoms with E-state index in [0.29, 0.717) is 23.2 Å². The Labute approximate surface area is 159 Å². The minimum atomic E-state index is 0.00532. The van der Waals surface area contributed by atoms with Crippen LogP contribution in [0.15, 0.2) is 42.5 Å². The molecule has 0 spiro atoms. The number of amides is 1. The number of nitrogens with zero attached hydrogens (tertiary/aromatic N) is 1. The normalized spacial score (nSPS) is 17.5. The molecule has 0 saturated carbocycles. The summed E-state index contributed by atoms with van der Waals surface area (Å²) < 4.78 is 5.27. The number of carbonyl (C=O) groups excluding carboxylic acids is 1. The van der Waals surface area contributed by atoms with Gasteiger partial charge in [-0.3, -0.25) is 4.79 Å². The van der Waals surface area contributed by atoms with E-state index in [1.165, 1.54) is 5.56 Å². The third-order valence-corrected chi connectivity index (χ3v) is 4.86. The van der Waals surface area contributed by atoms with Crippen molar-refractivity contribution < 1.29 is 9.53 Å². The van der Waals surface area contributed by atoms with Crippen LogP contribution in [0.5, 0.6) is 5.88 Å². The molecule has 136 valence electrons. The maximum atomic E-state index is 11.6. The zero-order valence-corrected chi connectivity index (χ0v) is 16.0. The third kappa shape index (κ3) is 4.07. The highest BCUT2D eigenvalue weighted by Crippen LogP contribution is 2.30. The maximum absolute atomic E-state index is 11.6. The van der Waals surface area contributed by atoms with E-state index in [-0.39, 0.29) is 11.9 Å². The third-order valence-electron chi connectivity index (χ3n) is 4.57. The van der Waals surface area contributed by atoms with Gasteiger partial charge in [-0.1, -0.05) is 55.8 Å². The molecule has 5 heteroatoms. The van der Waals surface area contributed by atoms with Crippen LogP contribution in [-0.4, -0.2) is 24.0 Å². The second-order valence-electron chi connectivity index (χ2n) is 6.76. The van der Waals surface area contributed by atoms with Gasteiger partial charge in [-0.15, -0.1) is 0 Å². The molecule has 2 aromatic rings. The van der Waals surface area contributed by atoms with Gasteiger partial charge in [0.2, 0.25) is 11.8 Å². The van der Waals surface area contributed by atoms with E-state index in [0.717, 1.165) is 23.3 Å². The van der Waals surface area contributed by atoms with E-state index in [2.05, 4.69) is 54.5 Å². The maximum Gasteiger partial charge on any atom is 0.232 e. The number of benzene rings is 1. The van der Waals surface area contributed by atoms with Crippen molar-refractivity contribution in [2.45, 2.75) is 38.6 Å². The smallest absolute Gasteiger partial charge is 0.232 e. The molecule has 1 amide bonds. The van der Waals surface area contributed by atoms with Crippen LogP contribution in [0.1, 0.15) is 49.4 Å². The first kappa shape index (κ1) is 18.5. The van der Waals surface area contributed by atoms with Crippen molar-refractivity contribution in [2.24, 2.45) is 0 Å². The molecular formula is C21H23ClN2O2. The number of ether oxygens (including phenoxy) is 1. The zero-order valence-electron chi connectivity index (χ0n) is 15.3. The second kappa shape index (κ2) is 7.92. The summed E-state index contributed by atoms with van der Waals surface area (Å²) in [5, 5.41) is 3.47. The summed E-state index contributed by atoms with van der Waals surface area (Å²) in [6, 6.07) is 12.1. The van der Waals surface area contributed by atoms with Crippen LogP contribution in [0.25, 0.3) is 5.57 Å². The van der Waals surface area contributed by atoms with E-state index >= 15 is 0 Å². The van der Waals surface area contributed by atoms with Crippen LogP contribution in [0, 0.1) is 0 Å². The van der Waals surface area contributed by atoms with Crippen molar-refractivity contribution in [3.63, 3.8) is 0 Å². The Morgan fingerprint density at radius 1 is 1.27 bits per heavy atom. The molecule has 0 radical (unpaired) electrons. The lowest BCUT2D eigenvalue weighted by Crippen LogP contribution is -2.23. The monoisotopic (exact) mass is 370 g/mol. The Bertz CT molecular complexity index is 828. The molecule has 1 aromatic carbocycles. The largest absolute Gasteiger partial charge is 0.480 e. The van der Waals surface area contributed by atoms with Gasteiger partial charge in [-0.05, 0) is 35.6 Å². The van der Waals surface area contributed by atoms with Gasteiger partial charge in [0.1, 0.15) is 5.02 Å². The number of nitrogens with one attached hydrogen (secondary N) is 1. The molecule has 0 unspecified atom stereocenters. The van der Waals surface area contributed by atoms with Gasteiger partial charge >= 0.3 is 0 Å². The second-order valence-corrected chi connectivity index (χ2v) is 7.16. The minimum absolute atomic E-state index is 0.00532. The number of hydrogen-bond acceptors (Lipinski definition) is 3. The molecule has 1 aliphatic heterocycles. The van der Waals surface area contributed by atoms with Crippen molar-refractivity contribution in [1.82, 2.24) is 10.3 Å². The predicted octanol–water partition coefficient (Wildman–Crippen LogP) is 4.58. The fourth-order valence-corrected chi connectivity index (χ4v) is 3.24. The van der Waals surface area contributed by atoms with Crippen LogP contribution >= 0.6 is 11.6 Å². The summed E-state index contributed by atoms with van der Waals surface area (Å²) in [6.07, 6.45) is 3.42. The van der Waals surface area contributed by atoms with Gasteiger partial charge in [0.05, 0.1) is 12.8 Å². The number of methoxy groups -OCH3 is 1. The van der Waals surface area contributed by atoms with Gasteiger partial charge in [0, 0.05) is 18.0 Å². The number of halogens is 1. The molecule has 1 saturated heterocycles. The molecule has 4 nitrogen and oxygen atoms in total. The molecule has 26 heavy (non-hydrogen) atoms. The summed E-state index contributed by atoms with van der Waals surface area (Å²) >= 11 is 6.13. The summed E-state index contributed by atoms with van der Waals surface area (Å²) in [4.78, 5) is 16.1. The Morgan fingerprint density at radius 3 is 2.58 bits per heavy atom. The highest BCUT2D eigenvalue weighted by Gasteiger charge is 2.21. The summed E-state index contributed by atoms with van der Waals surface area (Å²) in [7, 11) is 1.55. The molecular weight excluding hydrogens is 348 g/mol. The number of pyridine rings is 1. The van der Waals surface area contributed by atoms with Crippen molar-refractivity contribution >= 4 is 23.1 Å². The highest BCUT2D eigenvalue weighted by atomic mass is 35.5. The zero-order chi connectivity index (χ0) is 18.7. The number of hydrogen-bond donors (Lipinski definition) is 1. The van der Waals surface area contributed by atoms with Crippen LogP contribution < -0.4 is 10.1 Å². The topological polar surface area (TPSA) is 51.2 Å². The fraction of sp³-hybridized carbons (Fsp3) is 0.333. The van der Waals surface area contributed by atoms with E-state index in [9.17, 15) is 4.79 Å². The molecule has 1 N–H and O–H groups in total. The predicted molar refractivity (Wildman–Crippen MR) is 105 cm³/mol. The van der Waals surface area contributed by atoms with Gasteiger partial charge in [0.15, 0.2) is 0 Å². The molecule has 0 aliphatic carbocycles. The lowest BCUT2D eigenvalue weighted by molar-refractivity contribution is -0.119. The minimum Gasteiger partial charge on any atom is -0.480 e. The van der Waals surface area contributed by atoms with Gasteiger partial charge in [-0.25, -0.2) is 4.98 Å². The Balaban J connectivity index is 2.04. The summed E-state index contributed by atoms with van der Waals surface area (Å²) in [5.74, 6) is 0.950. The average molecular weight is 371 g/mol. The number of aromatic nitrogens is 1. The lowest BCUT2D eigenvalue weighted by atomic mass is 9.95. The molecule has 1 atom stereocenters. The first-order valence-electron chi connectivity index (χ1n) is 8.80. The number of rotatable bonds is 5. The first-order valence-corrected chi connectivity index (χ1v) is 9.18. The molecule has 1 aliphatic rings. The Kier molecular flexibility index (Phi) is 5.62. The summed E-state index contributed by atoms with van der Waals surface area (Å²) in [6.45, 7) is 4.34. The van der Waals surface area contributed by atoms with Gasteiger partial charge in [-0.2, -0.15) is 0 Å². The average Bonchev–Trinajstić information content (AvgIpc) is 3.05. The van der Waals surface area contributed by atoms with Gasteiger partial charge < -0.3 is 10.1 Å². The van der Waals surface area contributed by atoms with E-state index in [1.54, 1.807) is 13.2 Å². The van der Waals surface area contributed by atoms with E-state index in [1.807, 2.05) is 6.07 Å². The first-order chi connectivity index (χ1) is 12.5. The SMILES string of the molecule is COc1nc(/C(=C\[C@H]2CCC(=O)N2)c2ccc(C(C)C)cc2)ccc1Cl. The van der Waals surface area contributed by atoms with E-state index in [4.69, 9.17) is 16.3 Å². The van der Waals surface area contributed by atoms with Crippen molar-refractivity contribution in [2.75, 3.05) is 7.11 Å². The standard InChI is InChI=1S/C21H23ClN2O2/c1-13(2)14-4-6-15(7-5-14)17(12-16-8-11-20(25)23-16)19-10-9-18(22)21(24-19)26-3/h4-7,9-10,12-13,16H,8,11H2,1-3H3,(H,23,25)/b17-12-/t16-/m1/s1. The van der Waals surface area contributed by atoms with Gasteiger partial charge in [0.25, 0.3) is 0 Å². The summed E-state index contributed by atoms with van der Waals surface area (Å²) in [5.41, 5.74) is 4.06. The molecule has 2 heterocycles. The van der Waals surface area contributed by atoms with Crippen LogP contribution in [0.4, 0.5) is 0 Å². The lowest BCUT2D eigenvalue weighted by Gasteiger charge is -2.14. The Morgan fingerprint density at radius 2 is 2.00 bits per heavy atom. The van der Waals surface area contributed by atoms with E-state index < -0.39 is 0 Å². The quantitative estimate of drug-likeness (QED) is 0.838. The Hall–Kier alpha value is -2.33. The molecule has 1 fully saturated rings. The fourth-order valence-electron chi connectivity index (χ4n) is 3.06. The molecule has 3 rings (SSSR count). The molecule has 0 bridgehead atoms. The van der Waals surface area contributed by atoms with Crippen LogP contribution in [0.2, 0.25) is 5.02 Å². The number of carbonyl (C=O) groups is 1. The van der Waals surface area contributed by atoms with Crippen LogP contribution in [-0.2, 0) is 4.79 Å². The van der Waals surface area contributed by atoms with Crippen molar-refractivity contribution in [3.8, 4) is 5.88 Å². The van der Waals surface area contributed by atoms with Crippen molar-refractivity contribution in [1.29, 1.82) is 0 Å². The highest BCUT2D eigenvalue weighted by molar-refractivity contribution is 6.31. The van der Waals surface area contributed by atoms with Crippen molar-refractivity contribution in [3.05, 3.63) is 64.3 Å².